The van der Waals surface area contributed by atoms with Gasteiger partial charge in [0.25, 0.3) is 5.56 Å². The lowest BCUT2D eigenvalue weighted by atomic mass is 9.96. The third-order valence-electron chi connectivity index (χ3n) is 5.71. The Hall–Kier alpha value is -3.40. The largest absolute Gasteiger partial charge is 0.342 e. The zero-order chi connectivity index (χ0) is 22.1. The molecule has 1 amide bonds. The van der Waals surface area contributed by atoms with E-state index in [2.05, 4.69) is 20.3 Å². The van der Waals surface area contributed by atoms with Crippen LogP contribution in [0.3, 0.4) is 0 Å². The van der Waals surface area contributed by atoms with Crippen molar-refractivity contribution in [1.29, 1.82) is 0 Å². The number of fused-ring (bicyclic) bond motifs is 1. The fourth-order valence-corrected chi connectivity index (χ4v) is 4.77. The highest BCUT2D eigenvalue weighted by molar-refractivity contribution is 7.08. The molecule has 32 heavy (non-hydrogen) atoms. The van der Waals surface area contributed by atoms with Crippen LogP contribution in [0.25, 0.3) is 11.2 Å². The molecule has 4 heterocycles. The van der Waals surface area contributed by atoms with Gasteiger partial charge >= 0.3 is 0 Å². The van der Waals surface area contributed by atoms with Crippen molar-refractivity contribution in [2.75, 3.05) is 13.1 Å². The second-order valence-corrected chi connectivity index (χ2v) is 8.77. The third kappa shape index (κ3) is 4.18. The van der Waals surface area contributed by atoms with Crippen LogP contribution >= 0.6 is 11.3 Å². The van der Waals surface area contributed by atoms with Crippen LogP contribution in [-0.4, -0.2) is 48.9 Å². The van der Waals surface area contributed by atoms with Gasteiger partial charge in [0, 0.05) is 19.0 Å². The van der Waals surface area contributed by atoms with Gasteiger partial charge in [-0.25, -0.2) is 14.1 Å². The molecule has 1 aliphatic heterocycles. The number of piperidine rings is 1. The molecule has 0 aliphatic carbocycles. The Morgan fingerprint density at radius 2 is 2.19 bits per heavy atom. The van der Waals surface area contributed by atoms with Gasteiger partial charge in [0.2, 0.25) is 5.91 Å². The Balaban J connectivity index is 1.40. The molecule has 5 rings (SSSR count). The van der Waals surface area contributed by atoms with E-state index >= 15 is 0 Å². The average molecular weight is 453 g/mol. The summed E-state index contributed by atoms with van der Waals surface area (Å²) in [6, 6.07) is 8.16. The van der Waals surface area contributed by atoms with Gasteiger partial charge in [-0.2, -0.15) is 11.3 Å². The first kappa shape index (κ1) is 20.5. The van der Waals surface area contributed by atoms with Gasteiger partial charge in [-0.3, -0.25) is 9.59 Å². The predicted octanol–water partition coefficient (Wildman–Crippen LogP) is 2.71. The number of amides is 1. The lowest BCUT2D eigenvalue weighted by Gasteiger charge is -2.32. The summed E-state index contributed by atoms with van der Waals surface area (Å²) in [7, 11) is 0. The lowest BCUT2D eigenvalue weighted by molar-refractivity contribution is -0.131. The zero-order valence-corrected chi connectivity index (χ0v) is 18.0. The molecule has 8 nitrogen and oxygen atoms in total. The Kier molecular flexibility index (Phi) is 5.52. The molecule has 1 N–H and O–H groups in total. The van der Waals surface area contributed by atoms with Gasteiger partial charge < -0.3 is 9.88 Å². The molecule has 0 bridgehead atoms. The molecule has 3 aromatic heterocycles. The zero-order valence-electron chi connectivity index (χ0n) is 17.2. The monoisotopic (exact) mass is 452 g/mol. The van der Waals surface area contributed by atoms with Crippen LogP contribution in [0, 0.1) is 5.82 Å². The molecule has 10 heteroatoms. The van der Waals surface area contributed by atoms with Crippen molar-refractivity contribution in [3.63, 3.8) is 0 Å². The highest BCUT2D eigenvalue weighted by Crippen LogP contribution is 2.25. The van der Waals surface area contributed by atoms with Crippen molar-refractivity contribution in [3.05, 3.63) is 74.2 Å². The second kappa shape index (κ2) is 8.62. The van der Waals surface area contributed by atoms with Crippen LogP contribution < -0.4 is 5.56 Å². The minimum absolute atomic E-state index is 0.0781. The van der Waals surface area contributed by atoms with Crippen molar-refractivity contribution >= 4 is 28.4 Å². The van der Waals surface area contributed by atoms with E-state index in [-0.39, 0.29) is 35.3 Å². The first-order valence-corrected chi connectivity index (χ1v) is 11.4. The Morgan fingerprint density at radius 3 is 3.00 bits per heavy atom. The lowest BCUT2D eigenvalue weighted by Crippen LogP contribution is -2.40. The number of nitrogens with zero attached hydrogens (tertiary/aromatic N) is 5. The van der Waals surface area contributed by atoms with Crippen LogP contribution in [0.15, 0.2) is 45.9 Å². The Morgan fingerprint density at radius 1 is 1.28 bits per heavy atom. The number of nitrogens with one attached hydrogen (secondary N) is 1. The summed E-state index contributed by atoms with van der Waals surface area (Å²) >= 11 is 1.58. The number of H-pyrrole nitrogens is 1. The number of benzene rings is 1. The smallest absolute Gasteiger partial charge is 0.281 e. The predicted molar refractivity (Wildman–Crippen MR) is 118 cm³/mol. The molecular weight excluding hydrogens is 431 g/mol. The maximum absolute atomic E-state index is 13.6. The van der Waals surface area contributed by atoms with Crippen LogP contribution in [0.4, 0.5) is 4.39 Å². The average Bonchev–Trinajstić information content (AvgIpc) is 3.44. The van der Waals surface area contributed by atoms with E-state index in [1.165, 1.54) is 16.8 Å². The SMILES string of the molecule is O=C(Cc1ccsc1)N1CCC[C@@H](c2nc3c(nnn3Cc3cccc(F)c3)c(=O)[nH]2)C1. The van der Waals surface area contributed by atoms with E-state index < -0.39 is 0 Å². The van der Waals surface area contributed by atoms with Crippen molar-refractivity contribution < 1.29 is 9.18 Å². The third-order valence-corrected chi connectivity index (χ3v) is 6.44. The number of aromatic nitrogens is 5. The summed E-state index contributed by atoms with van der Waals surface area (Å²) in [5, 5.41) is 12.0. The van der Waals surface area contributed by atoms with Gasteiger partial charge in [0.05, 0.1) is 13.0 Å². The summed E-state index contributed by atoms with van der Waals surface area (Å²) in [5.41, 5.74) is 1.85. The van der Waals surface area contributed by atoms with Crippen molar-refractivity contribution in [2.24, 2.45) is 0 Å². The fraction of sp³-hybridized carbons (Fsp3) is 0.318. The summed E-state index contributed by atoms with van der Waals surface area (Å²) in [6.45, 7) is 1.45. The molecule has 0 unspecified atom stereocenters. The van der Waals surface area contributed by atoms with Gasteiger partial charge in [-0.15, -0.1) is 5.10 Å². The summed E-state index contributed by atoms with van der Waals surface area (Å²) < 4.78 is 15.1. The first-order chi connectivity index (χ1) is 15.6. The van der Waals surface area contributed by atoms with Crippen molar-refractivity contribution in [1.82, 2.24) is 29.9 Å². The number of halogens is 1. The van der Waals surface area contributed by atoms with Gasteiger partial charge in [0.1, 0.15) is 11.6 Å². The normalized spacial score (nSPS) is 16.5. The quantitative estimate of drug-likeness (QED) is 0.502. The van der Waals surface area contributed by atoms with E-state index in [1.807, 2.05) is 21.7 Å². The Labute approximate surface area is 186 Å². The van der Waals surface area contributed by atoms with Gasteiger partial charge in [0.15, 0.2) is 11.2 Å². The first-order valence-electron chi connectivity index (χ1n) is 10.4. The number of carbonyl (C=O) groups excluding carboxylic acids is 1. The number of rotatable bonds is 5. The maximum atomic E-state index is 13.6. The maximum Gasteiger partial charge on any atom is 0.281 e. The standard InChI is InChI=1S/C22H21FN6O2S/c23-17-5-1-3-14(9-17)11-29-21-19(26-27-29)22(31)25-20(24-21)16-4-2-7-28(12-16)18(30)10-15-6-8-32-13-15/h1,3,5-6,8-9,13,16H,2,4,7,10-12H2,(H,24,25,31)/t16-/m1/s1. The molecule has 0 spiro atoms. The minimum atomic E-state index is -0.364. The molecule has 1 atom stereocenters. The van der Waals surface area contributed by atoms with Crippen molar-refractivity contribution in [2.45, 2.75) is 31.7 Å². The summed E-state index contributed by atoms with van der Waals surface area (Å²) in [6.07, 6.45) is 2.04. The number of thiophene rings is 1. The molecule has 1 saturated heterocycles. The summed E-state index contributed by atoms with van der Waals surface area (Å²) in [4.78, 5) is 34.7. The highest BCUT2D eigenvalue weighted by atomic mass is 32.1. The van der Waals surface area contributed by atoms with Crippen LogP contribution in [0.1, 0.15) is 35.7 Å². The minimum Gasteiger partial charge on any atom is -0.342 e. The van der Waals surface area contributed by atoms with E-state index in [0.29, 0.717) is 36.5 Å². The number of aromatic amines is 1. The van der Waals surface area contributed by atoms with E-state index in [4.69, 9.17) is 0 Å². The topological polar surface area (TPSA) is 96.8 Å². The summed E-state index contributed by atoms with van der Waals surface area (Å²) in [5.74, 6) is 0.185. The Bertz CT molecular complexity index is 1320. The number of hydrogen-bond donors (Lipinski definition) is 1. The van der Waals surface area contributed by atoms with Crippen LogP contribution in [0.2, 0.25) is 0 Å². The van der Waals surface area contributed by atoms with Crippen LogP contribution in [-0.2, 0) is 17.8 Å². The molecule has 1 aliphatic rings. The number of likely N-dealkylation sites (tertiary alicyclic amines) is 1. The molecule has 0 saturated carbocycles. The molecule has 0 radical (unpaired) electrons. The number of carbonyl (C=O) groups is 1. The van der Waals surface area contributed by atoms with Crippen molar-refractivity contribution in [3.8, 4) is 0 Å². The number of hydrogen-bond acceptors (Lipinski definition) is 6. The fourth-order valence-electron chi connectivity index (χ4n) is 4.10. The highest BCUT2D eigenvalue weighted by Gasteiger charge is 2.27. The van der Waals surface area contributed by atoms with Gasteiger partial charge in [-0.05, 0) is 52.9 Å². The second-order valence-electron chi connectivity index (χ2n) is 7.99. The van der Waals surface area contributed by atoms with Crippen LogP contribution in [0.5, 0.6) is 0 Å². The van der Waals surface area contributed by atoms with Gasteiger partial charge in [-0.1, -0.05) is 17.3 Å². The van der Waals surface area contributed by atoms with E-state index in [1.54, 1.807) is 23.5 Å². The molecule has 4 aromatic rings. The van der Waals surface area contributed by atoms with E-state index in [0.717, 1.165) is 18.4 Å². The molecule has 164 valence electrons. The van der Waals surface area contributed by atoms with E-state index in [9.17, 15) is 14.0 Å². The molecular formula is C22H21FN6O2S. The molecule has 1 fully saturated rings. The molecule has 1 aromatic carbocycles.